The fourth-order valence-electron chi connectivity index (χ4n) is 6.48. The number of nitrogens with zero attached hydrogens (tertiary/aromatic N) is 6. The van der Waals surface area contributed by atoms with Gasteiger partial charge in [-0.3, -0.25) is 4.98 Å². The minimum atomic E-state index is 0.586. The summed E-state index contributed by atoms with van der Waals surface area (Å²) in [7, 11) is 0. The monoisotopic (exact) mass is 638 g/mol. The van der Waals surface area contributed by atoms with E-state index < -0.39 is 0 Å². The van der Waals surface area contributed by atoms with Crippen molar-refractivity contribution >= 4 is 32.7 Å². The van der Waals surface area contributed by atoms with Crippen LogP contribution in [-0.2, 0) is 0 Å². The molecule has 0 unspecified atom stereocenters. The zero-order chi connectivity index (χ0) is 33.4. The molecule has 0 N–H and O–H groups in total. The van der Waals surface area contributed by atoms with E-state index in [1.54, 1.807) is 6.20 Å². The largest absolute Gasteiger partial charge is 0.254 e. The molecule has 50 heavy (non-hydrogen) atoms. The number of rotatable bonds is 5. The van der Waals surface area contributed by atoms with Crippen LogP contribution in [0.2, 0.25) is 0 Å². The molecule has 0 fully saturated rings. The van der Waals surface area contributed by atoms with Gasteiger partial charge in [-0.2, -0.15) is 5.26 Å². The minimum Gasteiger partial charge on any atom is -0.254 e. The van der Waals surface area contributed by atoms with Crippen LogP contribution in [0, 0.1) is 11.3 Å². The van der Waals surface area contributed by atoms with E-state index in [1.807, 2.05) is 91.0 Å². The van der Waals surface area contributed by atoms with Crippen molar-refractivity contribution < 1.29 is 0 Å². The molecule has 9 rings (SSSR count). The van der Waals surface area contributed by atoms with Crippen LogP contribution in [0.4, 0.5) is 0 Å². The van der Waals surface area contributed by atoms with Gasteiger partial charge in [0.2, 0.25) is 0 Å². The number of benzene rings is 6. The summed E-state index contributed by atoms with van der Waals surface area (Å²) in [5.74, 6) is 1.88. The first kappa shape index (κ1) is 29.1. The van der Waals surface area contributed by atoms with Gasteiger partial charge in [-0.25, -0.2) is 19.9 Å². The molecule has 232 valence electrons. The van der Waals surface area contributed by atoms with Crippen molar-refractivity contribution in [2.75, 3.05) is 0 Å². The van der Waals surface area contributed by atoms with E-state index in [4.69, 9.17) is 24.9 Å². The standard InChI is InChI=1S/C44H26N6/c45-27-28-19-20-34-25-36-26-38(37-18-9-21-46-41(37)40(36)47-39(34)22-28)33-16-7-14-31(23-33)32-15-8-17-35(24-32)44-49-42(29-10-3-1-4-11-29)48-43(50-44)30-12-5-2-6-13-30/h1-26H. The van der Waals surface area contributed by atoms with Crippen LogP contribution in [-0.4, -0.2) is 24.9 Å². The maximum Gasteiger partial charge on any atom is 0.164 e. The van der Waals surface area contributed by atoms with E-state index in [2.05, 4.69) is 66.7 Å². The van der Waals surface area contributed by atoms with Crippen molar-refractivity contribution in [3.05, 3.63) is 163 Å². The van der Waals surface area contributed by atoms with Crippen LogP contribution >= 0.6 is 0 Å². The van der Waals surface area contributed by atoms with E-state index in [9.17, 15) is 5.26 Å². The number of hydrogen-bond donors (Lipinski definition) is 0. The highest BCUT2D eigenvalue weighted by Crippen LogP contribution is 2.37. The van der Waals surface area contributed by atoms with Crippen molar-refractivity contribution in [2.24, 2.45) is 0 Å². The lowest BCUT2D eigenvalue weighted by atomic mass is 9.94. The summed E-state index contributed by atoms with van der Waals surface area (Å²) in [5, 5.41) is 12.4. The average molecular weight is 639 g/mol. The predicted molar refractivity (Wildman–Crippen MR) is 200 cm³/mol. The summed E-state index contributed by atoms with van der Waals surface area (Å²) in [6.45, 7) is 0. The third-order valence-electron chi connectivity index (χ3n) is 8.93. The number of fused-ring (bicyclic) bond motifs is 4. The van der Waals surface area contributed by atoms with Crippen LogP contribution in [0.5, 0.6) is 0 Å². The fraction of sp³-hybridized carbons (Fsp3) is 0. The Bertz CT molecular complexity index is 2710. The van der Waals surface area contributed by atoms with E-state index in [1.165, 1.54) is 0 Å². The first-order chi connectivity index (χ1) is 24.7. The number of pyridine rings is 2. The highest BCUT2D eigenvalue weighted by atomic mass is 15.0. The van der Waals surface area contributed by atoms with Gasteiger partial charge in [0.25, 0.3) is 0 Å². The Labute approximate surface area is 288 Å². The van der Waals surface area contributed by atoms with Gasteiger partial charge >= 0.3 is 0 Å². The van der Waals surface area contributed by atoms with Gasteiger partial charge in [0, 0.05) is 39.0 Å². The van der Waals surface area contributed by atoms with E-state index in [-0.39, 0.29) is 0 Å². The van der Waals surface area contributed by atoms with Gasteiger partial charge in [-0.1, -0.05) is 109 Å². The Balaban J connectivity index is 1.16. The molecule has 6 heteroatoms. The lowest BCUT2D eigenvalue weighted by molar-refractivity contribution is 1.07. The lowest BCUT2D eigenvalue weighted by Gasteiger charge is -2.13. The van der Waals surface area contributed by atoms with E-state index in [0.29, 0.717) is 23.0 Å². The molecule has 0 aliphatic heterocycles. The Morgan fingerprint density at radius 2 is 1.02 bits per heavy atom. The van der Waals surface area contributed by atoms with Crippen molar-refractivity contribution in [3.63, 3.8) is 0 Å². The molecule has 0 bridgehead atoms. The second-order valence-electron chi connectivity index (χ2n) is 12.1. The summed E-state index contributed by atoms with van der Waals surface area (Å²) in [6.07, 6.45) is 1.80. The smallest absolute Gasteiger partial charge is 0.164 e. The van der Waals surface area contributed by atoms with Crippen LogP contribution in [0.1, 0.15) is 5.56 Å². The Morgan fingerprint density at radius 1 is 0.420 bits per heavy atom. The quantitative estimate of drug-likeness (QED) is 0.138. The molecule has 0 aliphatic rings. The zero-order valence-corrected chi connectivity index (χ0v) is 26.7. The molecule has 0 saturated heterocycles. The molecule has 0 radical (unpaired) electrons. The maximum absolute atomic E-state index is 9.43. The Kier molecular flexibility index (Phi) is 7.07. The minimum absolute atomic E-state index is 0.586. The fourth-order valence-corrected chi connectivity index (χ4v) is 6.48. The molecule has 3 aromatic heterocycles. The van der Waals surface area contributed by atoms with Gasteiger partial charge in [0.05, 0.1) is 28.2 Å². The Morgan fingerprint density at radius 3 is 1.70 bits per heavy atom. The highest BCUT2D eigenvalue weighted by molar-refractivity contribution is 6.12. The summed E-state index contributed by atoms with van der Waals surface area (Å²) in [4.78, 5) is 24.5. The molecule has 0 saturated carbocycles. The lowest BCUT2D eigenvalue weighted by Crippen LogP contribution is -2.00. The highest BCUT2D eigenvalue weighted by Gasteiger charge is 2.15. The second-order valence-corrected chi connectivity index (χ2v) is 12.1. The second kappa shape index (κ2) is 12.2. The van der Waals surface area contributed by atoms with Gasteiger partial charge < -0.3 is 0 Å². The number of hydrogen-bond acceptors (Lipinski definition) is 6. The molecule has 0 atom stereocenters. The molecule has 6 aromatic carbocycles. The molecule has 0 aliphatic carbocycles. The summed E-state index contributed by atoms with van der Waals surface area (Å²) in [6, 6.07) is 53.2. The van der Waals surface area contributed by atoms with Gasteiger partial charge in [0.1, 0.15) is 0 Å². The normalized spacial score (nSPS) is 11.2. The van der Waals surface area contributed by atoms with Crippen LogP contribution < -0.4 is 0 Å². The topological polar surface area (TPSA) is 88.2 Å². The van der Waals surface area contributed by atoms with Gasteiger partial charge in [-0.15, -0.1) is 0 Å². The first-order valence-corrected chi connectivity index (χ1v) is 16.3. The third-order valence-corrected chi connectivity index (χ3v) is 8.93. The van der Waals surface area contributed by atoms with E-state index >= 15 is 0 Å². The maximum atomic E-state index is 9.43. The molecule has 0 amide bonds. The van der Waals surface area contributed by atoms with Crippen LogP contribution in [0.3, 0.4) is 0 Å². The Hall–Kier alpha value is -7.10. The average Bonchev–Trinajstić information content (AvgIpc) is 3.20. The van der Waals surface area contributed by atoms with E-state index in [0.717, 1.165) is 71.7 Å². The summed E-state index contributed by atoms with van der Waals surface area (Å²) >= 11 is 0. The predicted octanol–water partition coefficient (Wildman–Crippen LogP) is 10.3. The molecular weight excluding hydrogens is 613 g/mol. The van der Waals surface area contributed by atoms with Crippen molar-refractivity contribution in [1.82, 2.24) is 24.9 Å². The van der Waals surface area contributed by atoms with Crippen molar-refractivity contribution in [2.45, 2.75) is 0 Å². The first-order valence-electron chi connectivity index (χ1n) is 16.3. The molecule has 6 nitrogen and oxygen atoms in total. The molecule has 0 spiro atoms. The molecular formula is C44H26N6. The molecule has 9 aromatic rings. The van der Waals surface area contributed by atoms with Crippen LogP contribution in [0.15, 0.2) is 158 Å². The van der Waals surface area contributed by atoms with Gasteiger partial charge in [0.15, 0.2) is 17.5 Å². The molecule has 3 heterocycles. The van der Waals surface area contributed by atoms with Crippen molar-refractivity contribution in [1.29, 1.82) is 5.26 Å². The summed E-state index contributed by atoms with van der Waals surface area (Å²) in [5.41, 5.74) is 10.1. The van der Waals surface area contributed by atoms with Gasteiger partial charge in [-0.05, 0) is 64.7 Å². The number of nitriles is 1. The number of aromatic nitrogens is 5. The van der Waals surface area contributed by atoms with Crippen molar-refractivity contribution in [3.8, 4) is 62.5 Å². The van der Waals surface area contributed by atoms with Crippen LogP contribution in [0.25, 0.3) is 89.1 Å². The third kappa shape index (κ3) is 5.29. The zero-order valence-electron chi connectivity index (χ0n) is 26.7. The summed E-state index contributed by atoms with van der Waals surface area (Å²) < 4.78 is 0. The SMILES string of the molecule is N#Cc1ccc2cc3cc(-c4cccc(-c5cccc(-c6nc(-c7ccccc7)nc(-c7ccccc7)n6)c5)c4)c4cccnc4c3nc2c1.